The highest BCUT2D eigenvalue weighted by atomic mass is 19.2. The molecule has 1 aromatic heterocycles. The molecule has 3 aromatic carbocycles. The van der Waals surface area contributed by atoms with Crippen molar-refractivity contribution in [1.82, 2.24) is 9.78 Å². The average Bonchev–Trinajstić information content (AvgIpc) is 3.47. The van der Waals surface area contributed by atoms with Crippen LogP contribution >= 0.6 is 0 Å². The molecule has 14 heteroatoms. The molecule has 0 fully saturated rings. The Morgan fingerprint density at radius 2 is 1.24 bits per heavy atom. The van der Waals surface area contributed by atoms with E-state index in [1.807, 2.05) is 0 Å². The number of ether oxygens (including phenoxy) is 1. The summed E-state index contributed by atoms with van der Waals surface area (Å²) in [7, 11) is 0. The highest BCUT2D eigenvalue weighted by molar-refractivity contribution is 5.59. The van der Waals surface area contributed by atoms with Crippen molar-refractivity contribution in [2.24, 2.45) is 0 Å². The van der Waals surface area contributed by atoms with E-state index in [2.05, 4.69) is 5.10 Å². The first-order chi connectivity index (χ1) is 18.0. The Morgan fingerprint density at radius 3 is 1.84 bits per heavy atom. The zero-order chi connectivity index (χ0) is 27.2. The number of hydrogen-bond donors (Lipinski definition) is 0. The third-order valence-corrected chi connectivity index (χ3v) is 6.61. The van der Waals surface area contributed by atoms with E-state index in [-0.39, 0.29) is 16.9 Å². The molecule has 1 aliphatic heterocycles. The molecule has 4 aromatic rings. The first-order valence-electron chi connectivity index (χ1n) is 10.8. The van der Waals surface area contributed by atoms with E-state index < -0.39 is 94.0 Å². The third-order valence-electron chi connectivity index (χ3n) is 6.61. The molecule has 0 unspecified atom stereocenters. The Labute approximate surface area is 205 Å². The number of nitrogens with zero attached hydrogens (tertiary/aromatic N) is 3. The van der Waals surface area contributed by atoms with E-state index in [0.717, 1.165) is 4.57 Å². The van der Waals surface area contributed by atoms with Crippen LogP contribution in [-0.2, 0) is 17.8 Å². The molecular weight excluding hydrogens is 536 g/mol. The molecule has 2 heterocycles. The van der Waals surface area contributed by atoms with Gasteiger partial charge >= 0.3 is 5.82 Å². The summed E-state index contributed by atoms with van der Waals surface area (Å²) in [5.41, 5.74) is -2.33. The van der Waals surface area contributed by atoms with E-state index >= 15 is 8.78 Å². The summed E-state index contributed by atoms with van der Waals surface area (Å²) in [5.74, 6) is -25.9. The van der Waals surface area contributed by atoms with Crippen LogP contribution in [0.25, 0.3) is 17.1 Å². The standard InChI is InChI=1S/C24H10F10N3O/c25-12-11(13(26)15(28)16(29)14(12)27)24-36-10(6-38-9-5-7-3-1-2-4-8(7)22(9)36)35-37(24)23-20(33)18(31)17(30)19(32)21(23)34/h1-4,9,22H,5-6H2/q+1/t9-,22+/m1/s1. The van der Waals surface area contributed by atoms with Crippen LogP contribution in [0.3, 0.4) is 0 Å². The number of rotatable bonds is 2. The highest BCUT2D eigenvalue weighted by Crippen LogP contribution is 2.40. The number of halogens is 10. The third kappa shape index (κ3) is 3.09. The van der Waals surface area contributed by atoms with Crippen molar-refractivity contribution in [3.63, 3.8) is 0 Å². The zero-order valence-electron chi connectivity index (χ0n) is 18.4. The molecule has 196 valence electrons. The average molecular weight is 546 g/mol. The number of benzene rings is 3. The predicted molar refractivity (Wildman–Crippen MR) is 106 cm³/mol. The van der Waals surface area contributed by atoms with Crippen molar-refractivity contribution in [3.8, 4) is 17.1 Å². The molecule has 0 saturated carbocycles. The first-order valence-corrected chi connectivity index (χ1v) is 10.8. The Bertz CT molecular complexity index is 1630. The van der Waals surface area contributed by atoms with Gasteiger partial charge in [0, 0.05) is 11.5 Å². The molecule has 0 radical (unpaired) electrons. The Balaban J connectivity index is 1.78. The predicted octanol–water partition coefficient (Wildman–Crippen LogP) is 5.26. The SMILES string of the molecule is Fc1c(F)c(F)c(-c2n(-c3c(F)c(F)c(F)c(F)c3F)nc3[n+]2[C@H]2c4ccccc4C[C@H]2OC3)c(F)c1F. The minimum absolute atomic E-state index is 0.0590. The van der Waals surface area contributed by atoms with Crippen LogP contribution in [0.1, 0.15) is 23.0 Å². The van der Waals surface area contributed by atoms with Crippen LogP contribution in [0.15, 0.2) is 24.3 Å². The van der Waals surface area contributed by atoms with Crippen LogP contribution in [-0.4, -0.2) is 15.9 Å². The van der Waals surface area contributed by atoms with E-state index in [0.29, 0.717) is 11.1 Å². The van der Waals surface area contributed by atoms with Crippen molar-refractivity contribution in [2.75, 3.05) is 0 Å². The van der Waals surface area contributed by atoms with Crippen LogP contribution in [0, 0.1) is 58.2 Å². The molecule has 0 spiro atoms. The maximum Gasteiger partial charge on any atom is 0.305 e. The normalized spacial score (nSPS) is 17.9. The summed E-state index contributed by atoms with van der Waals surface area (Å²) in [6, 6.07) is 5.45. The van der Waals surface area contributed by atoms with Gasteiger partial charge in [0.25, 0.3) is 5.82 Å². The molecule has 2 aliphatic rings. The maximum absolute atomic E-state index is 15.1. The van der Waals surface area contributed by atoms with Gasteiger partial charge < -0.3 is 4.74 Å². The van der Waals surface area contributed by atoms with Crippen molar-refractivity contribution in [2.45, 2.75) is 25.2 Å². The van der Waals surface area contributed by atoms with E-state index in [4.69, 9.17) is 4.74 Å². The van der Waals surface area contributed by atoms with Crippen LogP contribution in [0.5, 0.6) is 0 Å². The van der Waals surface area contributed by atoms with Gasteiger partial charge in [-0.3, -0.25) is 0 Å². The first kappa shape index (κ1) is 24.4. The second kappa shape index (κ2) is 8.28. The van der Waals surface area contributed by atoms with Gasteiger partial charge in [-0.05, 0) is 11.1 Å². The van der Waals surface area contributed by atoms with E-state index in [9.17, 15) is 35.1 Å². The van der Waals surface area contributed by atoms with Gasteiger partial charge in [0.05, 0.1) is 0 Å². The fraction of sp³-hybridized carbons (Fsp3) is 0.167. The molecular formula is C24H10F10N3O+. The van der Waals surface area contributed by atoms with Crippen LogP contribution in [0.4, 0.5) is 43.9 Å². The van der Waals surface area contributed by atoms with Gasteiger partial charge in [0.2, 0.25) is 40.6 Å². The van der Waals surface area contributed by atoms with Gasteiger partial charge in [0.1, 0.15) is 24.3 Å². The van der Waals surface area contributed by atoms with Crippen molar-refractivity contribution in [1.29, 1.82) is 0 Å². The molecule has 6 rings (SSSR count). The topological polar surface area (TPSA) is 30.9 Å². The lowest BCUT2D eigenvalue weighted by atomic mass is 10.0. The Morgan fingerprint density at radius 1 is 0.711 bits per heavy atom. The summed E-state index contributed by atoms with van der Waals surface area (Å²) in [5, 5.41) is 3.78. The second-order valence-corrected chi connectivity index (χ2v) is 8.58. The van der Waals surface area contributed by atoms with E-state index in [1.54, 1.807) is 24.3 Å². The molecule has 0 N–H and O–H groups in total. The number of fused-ring (bicyclic) bond motifs is 5. The summed E-state index contributed by atoms with van der Waals surface area (Å²) >= 11 is 0. The van der Waals surface area contributed by atoms with Gasteiger partial charge in [-0.1, -0.05) is 28.9 Å². The quantitative estimate of drug-likeness (QED) is 0.149. The smallest absolute Gasteiger partial charge is 0.305 e. The lowest BCUT2D eigenvalue weighted by Gasteiger charge is -2.25. The fourth-order valence-electron chi connectivity index (χ4n) is 4.96. The molecule has 0 amide bonds. The Kier molecular flexibility index (Phi) is 5.32. The molecule has 4 nitrogen and oxygen atoms in total. The fourth-order valence-corrected chi connectivity index (χ4v) is 4.96. The summed E-state index contributed by atoms with van der Waals surface area (Å²) in [6.07, 6.45) is -0.545. The molecule has 0 saturated heterocycles. The van der Waals surface area contributed by atoms with Crippen molar-refractivity contribution < 1.29 is 53.2 Å². The summed E-state index contributed by atoms with van der Waals surface area (Å²) in [6.45, 7) is -0.486. The van der Waals surface area contributed by atoms with Crippen molar-refractivity contribution >= 4 is 0 Å². The molecule has 1 aliphatic carbocycles. The minimum atomic E-state index is -2.53. The molecule has 0 bridgehead atoms. The number of aromatic nitrogens is 3. The van der Waals surface area contributed by atoms with Gasteiger partial charge in [-0.25, -0.2) is 39.7 Å². The largest absolute Gasteiger partial charge is 0.363 e. The zero-order valence-corrected chi connectivity index (χ0v) is 18.4. The summed E-state index contributed by atoms with van der Waals surface area (Å²) in [4.78, 5) is 0. The van der Waals surface area contributed by atoms with Crippen molar-refractivity contribution in [3.05, 3.63) is 99.4 Å². The monoisotopic (exact) mass is 546 g/mol. The number of hydrogen-bond acceptors (Lipinski definition) is 2. The lowest BCUT2D eigenvalue weighted by Crippen LogP contribution is -2.53. The maximum atomic E-state index is 15.1. The second-order valence-electron chi connectivity index (χ2n) is 8.58. The Hall–Kier alpha value is -3.94. The van der Waals surface area contributed by atoms with Crippen LogP contribution in [0.2, 0.25) is 0 Å². The van der Waals surface area contributed by atoms with Gasteiger partial charge in [-0.2, -0.15) is 8.78 Å². The van der Waals surface area contributed by atoms with Gasteiger partial charge in [-0.15, -0.1) is 0 Å². The van der Waals surface area contributed by atoms with Gasteiger partial charge in [0.15, 0.2) is 23.3 Å². The summed E-state index contributed by atoms with van der Waals surface area (Å²) < 4.78 is 151. The van der Waals surface area contributed by atoms with E-state index in [1.165, 1.54) is 0 Å². The molecule has 2 atom stereocenters. The molecule has 38 heavy (non-hydrogen) atoms. The lowest BCUT2D eigenvalue weighted by molar-refractivity contribution is -0.729. The highest BCUT2D eigenvalue weighted by Gasteiger charge is 2.49. The van der Waals surface area contributed by atoms with Crippen LogP contribution < -0.4 is 4.57 Å². The minimum Gasteiger partial charge on any atom is -0.363 e.